The molecule has 1 heterocycles. The van der Waals surface area contributed by atoms with E-state index in [4.69, 9.17) is 27.4 Å². The molecule has 1 atom stereocenters. The number of hydrogen-bond acceptors (Lipinski definition) is 4. The molecule has 0 spiro atoms. The maximum Gasteiger partial charge on any atom is 0.186 e. The normalized spacial score (nSPS) is 19.2. The van der Waals surface area contributed by atoms with Gasteiger partial charge in [0.2, 0.25) is 0 Å². The van der Waals surface area contributed by atoms with Gasteiger partial charge in [-0.25, -0.2) is 0 Å². The van der Waals surface area contributed by atoms with Crippen molar-refractivity contribution < 1.29 is 9.47 Å². The number of methoxy groups -OCH3 is 2. The lowest BCUT2D eigenvalue weighted by Crippen LogP contribution is -2.46. The van der Waals surface area contributed by atoms with E-state index in [0.29, 0.717) is 16.6 Å². The molecule has 0 saturated carbocycles. The first-order valence-electron chi connectivity index (χ1n) is 7.29. The summed E-state index contributed by atoms with van der Waals surface area (Å²) in [6, 6.07) is 5.80. The number of hydrogen-bond donors (Lipinski definition) is 2. The third kappa shape index (κ3) is 2.90. The third-order valence-corrected chi connectivity index (χ3v) is 4.15. The Balaban J connectivity index is 1.93. The first-order chi connectivity index (χ1) is 11.1. The summed E-state index contributed by atoms with van der Waals surface area (Å²) < 4.78 is 10.7. The molecule has 3 rings (SSSR count). The van der Waals surface area contributed by atoms with Crippen molar-refractivity contribution in [1.82, 2.24) is 10.4 Å². The van der Waals surface area contributed by atoms with Gasteiger partial charge in [0.25, 0.3) is 0 Å². The number of nitrogens with zero attached hydrogens (tertiary/aromatic N) is 1. The van der Waals surface area contributed by atoms with Gasteiger partial charge in [0.15, 0.2) is 16.6 Å². The average Bonchev–Trinajstić information content (AvgIpc) is 3.22. The van der Waals surface area contributed by atoms with Crippen molar-refractivity contribution in [2.24, 2.45) is 5.73 Å². The van der Waals surface area contributed by atoms with Crippen molar-refractivity contribution in [2.45, 2.75) is 12.5 Å². The van der Waals surface area contributed by atoms with Gasteiger partial charge >= 0.3 is 0 Å². The predicted molar refractivity (Wildman–Crippen MR) is 94.9 cm³/mol. The topological polar surface area (TPSA) is 59.8 Å². The van der Waals surface area contributed by atoms with Crippen molar-refractivity contribution in [3.05, 3.63) is 53.6 Å². The van der Waals surface area contributed by atoms with Crippen molar-refractivity contribution in [3.8, 4) is 11.5 Å². The summed E-state index contributed by atoms with van der Waals surface area (Å²) in [4.78, 5) is 0. The Morgan fingerprint density at radius 2 is 2.09 bits per heavy atom. The Hall–Kier alpha value is -2.47. The minimum Gasteiger partial charge on any atom is -0.493 e. The summed E-state index contributed by atoms with van der Waals surface area (Å²) in [6.45, 7) is 0. The number of hydrazine groups is 1. The highest BCUT2D eigenvalue weighted by atomic mass is 32.1. The van der Waals surface area contributed by atoms with Crippen LogP contribution < -0.4 is 20.6 Å². The molecule has 23 heavy (non-hydrogen) atoms. The van der Waals surface area contributed by atoms with Gasteiger partial charge in [0.1, 0.15) is 0 Å². The molecular formula is C17H19N3O2S. The summed E-state index contributed by atoms with van der Waals surface area (Å²) in [5, 5.41) is 2.12. The fourth-order valence-electron chi connectivity index (χ4n) is 2.78. The zero-order chi connectivity index (χ0) is 16.4. The second-order valence-electron chi connectivity index (χ2n) is 5.29. The molecule has 1 unspecified atom stereocenters. The van der Waals surface area contributed by atoms with Crippen molar-refractivity contribution in [2.75, 3.05) is 14.2 Å². The van der Waals surface area contributed by atoms with Gasteiger partial charge in [-0.3, -0.25) is 10.4 Å². The molecule has 120 valence electrons. The largest absolute Gasteiger partial charge is 0.493 e. The Morgan fingerprint density at radius 1 is 1.30 bits per heavy atom. The van der Waals surface area contributed by atoms with E-state index in [1.54, 1.807) is 19.2 Å². The fourth-order valence-corrected chi connectivity index (χ4v) is 2.94. The highest BCUT2D eigenvalue weighted by molar-refractivity contribution is 7.80. The molecule has 1 aliphatic heterocycles. The van der Waals surface area contributed by atoms with Crippen LogP contribution in [-0.2, 0) is 0 Å². The van der Waals surface area contributed by atoms with Gasteiger partial charge in [0.05, 0.1) is 26.0 Å². The first kappa shape index (κ1) is 15.4. The van der Waals surface area contributed by atoms with Gasteiger partial charge in [-0.15, -0.1) is 0 Å². The van der Waals surface area contributed by atoms with E-state index in [1.165, 1.54) is 5.57 Å². The monoisotopic (exact) mass is 329 g/mol. The van der Waals surface area contributed by atoms with E-state index in [-0.39, 0.29) is 6.04 Å². The van der Waals surface area contributed by atoms with Crippen LogP contribution in [0.15, 0.2) is 48.1 Å². The smallest absolute Gasteiger partial charge is 0.186 e. The molecule has 2 aliphatic rings. The number of thiocarbonyl (C=S) groups is 1. The lowest BCUT2D eigenvalue weighted by atomic mass is 10.0. The van der Waals surface area contributed by atoms with E-state index >= 15 is 0 Å². The quantitative estimate of drug-likeness (QED) is 0.827. The van der Waals surface area contributed by atoms with Gasteiger partial charge in [0, 0.05) is 5.56 Å². The molecule has 0 radical (unpaired) electrons. The highest BCUT2D eigenvalue weighted by Gasteiger charge is 2.29. The zero-order valence-electron chi connectivity index (χ0n) is 13.1. The van der Waals surface area contributed by atoms with E-state index in [2.05, 4.69) is 29.7 Å². The summed E-state index contributed by atoms with van der Waals surface area (Å²) in [7, 11) is 3.24. The van der Waals surface area contributed by atoms with Crippen LogP contribution in [0, 0.1) is 0 Å². The lowest BCUT2D eigenvalue weighted by molar-refractivity contribution is 0.354. The SMILES string of the molecule is COc1ccc(C2=CC(C3=CC=CC3)N(C(N)=S)N2)cc1OC. The van der Waals surface area contributed by atoms with E-state index < -0.39 is 0 Å². The van der Waals surface area contributed by atoms with Gasteiger partial charge in [-0.05, 0) is 48.5 Å². The molecule has 5 nitrogen and oxygen atoms in total. The number of nitrogens with two attached hydrogens (primary N) is 1. The van der Waals surface area contributed by atoms with Crippen LogP contribution in [0.4, 0.5) is 0 Å². The Bertz CT molecular complexity index is 725. The molecule has 0 aromatic heterocycles. The first-order valence-corrected chi connectivity index (χ1v) is 7.70. The molecular weight excluding hydrogens is 310 g/mol. The standard InChI is InChI=1S/C17H19N3O2S/c1-21-15-8-7-12(9-16(15)22-2)13-10-14(11-5-3-4-6-11)20(19-13)17(18)23/h3-5,7-10,14,19H,6H2,1-2H3,(H2,18,23). The van der Waals surface area contributed by atoms with E-state index in [9.17, 15) is 0 Å². The number of benzene rings is 1. The minimum absolute atomic E-state index is 0.0191. The third-order valence-electron chi connectivity index (χ3n) is 3.96. The van der Waals surface area contributed by atoms with Crippen LogP contribution in [0.25, 0.3) is 5.70 Å². The number of nitrogens with one attached hydrogen (secondary N) is 1. The van der Waals surface area contributed by atoms with Gasteiger partial charge in [-0.2, -0.15) is 0 Å². The molecule has 0 fully saturated rings. The number of rotatable bonds is 4. The maximum absolute atomic E-state index is 5.87. The second-order valence-corrected chi connectivity index (χ2v) is 5.71. The summed E-state index contributed by atoms with van der Waals surface area (Å²) in [5.74, 6) is 1.38. The zero-order valence-corrected chi connectivity index (χ0v) is 13.9. The summed E-state index contributed by atoms with van der Waals surface area (Å²) >= 11 is 5.17. The Morgan fingerprint density at radius 3 is 2.70 bits per heavy atom. The molecule has 1 aliphatic carbocycles. The molecule has 1 aromatic carbocycles. The van der Waals surface area contributed by atoms with Gasteiger partial charge < -0.3 is 15.2 Å². The van der Waals surface area contributed by atoms with Crippen molar-refractivity contribution >= 4 is 23.0 Å². The molecule has 0 amide bonds. The highest BCUT2D eigenvalue weighted by Crippen LogP contribution is 2.33. The van der Waals surface area contributed by atoms with E-state index in [0.717, 1.165) is 17.7 Å². The minimum atomic E-state index is 0.0191. The van der Waals surface area contributed by atoms with Crippen molar-refractivity contribution in [3.63, 3.8) is 0 Å². The number of allylic oxidation sites excluding steroid dienone is 3. The molecule has 1 aromatic rings. The van der Waals surface area contributed by atoms with Crippen LogP contribution >= 0.6 is 12.2 Å². The fraction of sp³-hybridized carbons (Fsp3) is 0.235. The summed E-state index contributed by atoms with van der Waals surface area (Å²) in [5.41, 5.74) is 12.3. The van der Waals surface area contributed by atoms with Gasteiger partial charge in [-0.1, -0.05) is 18.2 Å². The van der Waals surface area contributed by atoms with Crippen LogP contribution in [0.3, 0.4) is 0 Å². The lowest BCUT2D eigenvalue weighted by Gasteiger charge is -2.26. The second kappa shape index (κ2) is 6.34. The maximum atomic E-state index is 5.87. The van der Waals surface area contributed by atoms with Crippen LogP contribution in [0.1, 0.15) is 12.0 Å². The van der Waals surface area contributed by atoms with Crippen LogP contribution in [-0.4, -0.2) is 30.4 Å². The molecule has 6 heteroatoms. The Kier molecular flexibility index (Phi) is 4.25. The van der Waals surface area contributed by atoms with Crippen LogP contribution in [0.5, 0.6) is 11.5 Å². The van der Waals surface area contributed by atoms with E-state index in [1.807, 2.05) is 18.2 Å². The Labute approximate surface area is 141 Å². The van der Waals surface area contributed by atoms with Crippen LogP contribution in [0.2, 0.25) is 0 Å². The number of ether oxygens (including phenoxy) is 2. The molecule has 3 N–H and O–H groups in total. The average molecular weight is 329 g/mol. The molecule has 0 saturated heterocycles. The summed E-state index contributed by atoms with van der Waals surface area (Å²) in [6.07, 6.45) is 9.30. The van der Waals surface area contributed by atoms with Crippen molar-refractivity contribution in [1.29, 1.82) is 0 Å². The predicted octanol–water partition coefficient (Wildman–Crippen LogP) is 2.36. The molecule has 0 bridgehead atoms.